The number of hydrogen-bond donors (Lipinski definition) is 0. The summed E-state index contributed by atoms with van der Waals surface area (Å²) in [5.74, 6) is 1.37. The topological polar surface area (TPSA) is 65.1 Å². The molecule has 6 nitrogen and oxygen atoms in total. The summed E-state index contributed by atoms with van der Waals surface area (Å²) in [5.41, 5.74) is 0.926. The molecule has 25 heavy (non-hydrogen) atoms. The maximum absolute atomic E-state index is 12.9. The van der Waals surface area contributed by atoms with E-state index in [0.29, 0.717) is 18.9 Å². The number of methoxy groups -OCH3 is 2. The molecule has 134 valence electrons. The van der Waals surface area contributed by atoms with Gasteiger partial charge in [0.15, 0.2) is 0 Å². The van der Waals surface area contributed by atoms with E-state index in [0.717, 1.165) is 11.3 Å². The zero-order chi connectivity index (χ0) is 17.9. The molecule has 1 aliphatic rings. The van der Waals surface area contributed by atoms with Crippen LogP contribution in [0.2, 0.25) is 0 Å². The maximum atomic E-state index is 12.9. The van der Waals surface area contributed by atoms with E-state index in [1.54, 1.807) is 38.5 Å². The van der Waals surface area contributed by atoms with Crippen molar-refractivity contribution in [3.63, 3.8) is 0 Å². The monoisotopic (exact) mass is 363 g/mol. The predicted molar refractivity (Wildman–Crippen MR) is 93.4 cm³/mol. The molecule has 1 aliphatic heterocycles. The predicted octanol–water partition coefficient (Wildman–Crippen LogP) is 2.47. The molecule has 1 heterocycles. The lowest BCUT2D eigenvalue weighted by Gasteiger charge is -2.32. The second-order valence-corrected chi connectivity index (χ2v) is 7.61. The van der Waals surface area contributed by atoms with Gasteiger partial charge >= 0.3 is 0 Å². The van der Waals surface area contributed by atoms with Gasteiger partial charge in [0.05, 0.1) is 31.8 Å². The third kappa shape index (κ3) is 3.78. The van der Waals surface area contributed by atoms with E-state index in [9.17, 15) is 8.42 Å². The van der Waals surface area contributed by atoms with Crippen molar-refractivity contribution in [1.82, 2.24) is 4.31 Å². The lowest BCUT2D eigenvalue weighted by atomic mass is 10.1. The molecule has 3 rings (SSSR count). The maximum Gasteiger partial charge on any atom is 0.243 e. The zero-order valence-corrected chi connectivity index (χ0v) is 15.0. The molecule has 0 aromatic heterocycles. The molecule has 0 saturated carbocycles. The Labute approximate surface area is 148 Å². The van der Waals surface area contributed by atoms with E-state index < -0.39 is 10.0 Å². The summed E-state index contributed by atoms with van der Waals surface area (Å²) in [5, 5.41) is 0. The minimum Gasteiger partial charge on any atom is -0.497 e. The van der Waals surface area contributed by atoms with E-state index in [2.05, 4.69) is 0 Å². The SMILES string of the molecule is COc1ccc(C2CN(S(=O)(=O)c3ccc(OC)cc3)CCO2)cc1. The first kappa shape index (κ1) is 17.7. The number of morpholine rings is 1. The van der Waals surface area contributed by atoms with E-state index in [1.165, 1.54) is 4.31 Å². The summed E-state index contributed by atoms with van der Waals surface area (Å²) < 4.78 is 43.2. The molecule has 0 radical (unpaired) electrons. The van der Waals surface area contributed by atoms with Crippen molar-refractivity contribution in [3.8, 4) is 11.5 Å². The zero-order valence-electron chi connectivity index (χ0n) is 14.2. The fourth-order valence-electron chi connectivity index (χ4n) is 2.76. The third-order valence-corrected chi connectivity index (χ3v) is 6.09. The minimum absolute atomic E-state index is 0.253. The van der Waals surface area contributed by atoms with Crippen LogP contribution in [0.5, 0.6) is 11.5 Å². The molecule has 2 aromatic carbocycles. The van der Waals surface area contributed by atoms with Gasteiger partial charge in [0.1, 0.15) is 11.5 Å². The first-order valence-corrected chi connectivity index (χ1v) is 9.38. The summed E-state index contributed by atoms with van der Waals surface area (Å²) in [4.78, 5) is 0.253. The Hall–Kier alpha value is -2.09. The lowest BCUT2D eigenvalue weighted by molar-refractivity contribution is -0.00257. The first-order valence-electron chi connectivity index (χ1n) is 7.94. The summed E-state index contributed by atoms with van der Waals surface area (Å²) >= 11 is 0. The lowest BCUT2D eigenvalue weighted by Crippen LogP contribution is -2.42. The number of sulfonamides is 1. The van der Waals surface area contributed by atoms with Gasteiger partial charge in [-0.2, -0.15) is 4.31 Å². The Balaban J connectivity index is 1.79. The van der Waals surface area contributed by atoms with Crippen LogP contribution < -0.4 is 9.47 Å². The molecule has 1 atom stereocenters. The van der Waals surface area contributed by atoms with Gasteiger partial charge in [0, 0.05) is 13.1 Å². The molecule has 1 fully saturated rings. The molecule has 1 saturated heterocycles. The molecule has 0 N–H and O–H groups in total. The largest absolute Gasteiger partial charge is 0.497 e. The number of hydrogen-bond acceptors (Lipinski definition) is 5. The normalized spacial score (nSPS) is 18.7. The molecular formula is C18H21NO5S. The van der Waals surface area contributed by atoms with Crippen molar-refractivity contribution in [3.05, 3.63) is 54.1 Å². The Morgan fingerprint density at radius 3 is 2.08 bits per heavy atom. The third-order valence-electron chi connectivity index (χ3n) is 4.21. The van der Waals surface area contributed by atoms with Gasteiger partial charge in [-0.3, -0.25) is 0 Å². The van der Waals surface area contributed by atoms with Gasteiger partial charge in [-0.15, -0.1) is 0 Å². The summed E-state index contributed by atoms with van der Waals surface area (Å²) in [6.45, 7) is 0.966. The highest BCUT2D eigenvalue weighted by atomic mass is 32.2. The van der Waals surface area contributed by atoms with Gasteiger partial charge in [-0.25, -0.2) is 8.42 Å². The van der Waals surface area contributed by atoms with Crippen LogP contribution in [0.4, 0.5) is 0 Å². The van der Waals surface area contributed by atoms with Crippen molar-refractivity contribution in [2.75, 3.05) is 33.9 Å². The average Bonchev–Trinajstić information content (AvgIpc) is 2.68. The summed E-state index contributed by atoms with van der Waals surface area (Å²) in [6.07, 6.45) is -0.298. The van der Waals surface area contributed by atoms with Gasteiger partial charge in [-0.05, 0) is 42.0 Å². The van der Waals surface area contributed by atoms with Crippen molar-refractivity contribution in [1.29, 1.82) is 0 Å². The molecule has 7 heteroatoms. The summed E-state index contributed by atoms with van der Waals surface area (Å²) in [7, 11) is -0.415. The van der Waals surface area contributed by atoms with Crippen molar-refractivity contribution in [2.24, 2.45) is 0 Å². The van der Waals surface area contributed by atoms with E-state index >= 15 is 0 Å². The highest BCUT2D eigenvalue weighted by molar-refractivity contribution is 7.89. The second-order valence-electron chi connectivity index (χ2n) is 5.67. The fraction of sp³-hybridized carbons (Fsp3) is 0.333. The molecule has 2 aromatic rings. The van der Waals surface area contributed by atoms with Crippen LogP contribution in [0, 0.1) is 0 Å². The molecule has 1 unspecified atom stereocenters. The molecule has 0 aliphatic carbocycles. The number of ether oxygens (including phenoxy) is 3. The van der Waals surface area contributed by atoms with E-state index in [4.69, 9.17) is 14.2 Å². The van der Waals surface area contributed by atoms with Crippen LogP contribution in [-0.2, 0) is 14.8 Å². The highest BCUT2D eigenvalue weighted by Gasteiger charge is 2.31. The minimum atomic E-state index is -3.57. The highest BCUT2D eigenvalue weighted by Crippen LogP contribution is 2.28. The quantitative estimate of drug-likeness (QED) is 0.816. The van der Waals surface area contributed by atoms with Crippen molar-refractivity contribution in [2.45, 2.75) is 11.0 Å². The van der Waals surface area contributed by atoms with Crippen LogP contribution >= 0.6 is 0 Å². The van der Waals surface area contributed by atoms with E-state index in [1.807, 2.05) is 24.3 Å². The van der Waals surface area contributed by atoms with Gasteiger partial charge in [0.25, 0.3) is 0 Å². The fourth-order valence-corrected chi connectivity index (χ4v) is 4.19. The average molecular weight is 363 g/mol. The smallest absolute Gasteiger partial charge is 0.243 e. The van der Waals surface area contributed by atoms with Crippen LogP contribution in [0.1, 0.15) is 11.7 Å². The van der Waals surface area contributed by atoms with Gasteiger partial charge < -0.3 is 14.2 Å². The Morgan fingerprint density at radius 1 is 0.960 bits per heavy atom. The standard InChI is InChI=1S/C18H21NO5S/c1-22-15-5-3-14(4-6-15)18-13-19(11-12-24-18)25(20,21)17-9-7-16(23-2)8-10-17/h3-10,18H,11-13H2,1-2H3. The van der Waals surface area contributed by atoms with Crippen molar-refractivity contribution >= 4 is 10.0 Å². The van der Waals surface area contributed by atoms with E-state index in [-0.39, 0.29) is 17.5 Å². The Kier molecular flexibility index (Phi) is 5.27. The molecule has 0 spiro atoms. The summed E-state index contributed by atoms with van der Waals surface area (Å²) in [6, 6.07) is 13.9. The first-order chi connectivity index (χ1) is 12.0. The van der Waals surface area contributed by atoms with Crippen molar-refractivity contribution < 1.29 is 22.6 Å². The Bertz CT molecular complexity index is 802. The van der Waals surface area contributed by atoms with Gasteiger partial charge in [0.2, 0.25) is 10.0 Å². The van der Waals surface area contributed by atoms with Crippen LogP contribution in [-0.4, -0.2) is 46.6 Å². The van der Waals surface area contributed by atoms with Crippen LogP contribution in [0.25, 0.3) is 0 Å². The number of rotatable bonds is 5. The van der Waals surface area contributed by atoms with Crippen LogP contribution in [0.3, 0.4) is 0 Å². The molecular weight excluding hydrogens is 342 g/mol. The van der Waals surface area contributed by atoms with Gasteiger partial charge in [-0.1, -0.05) is 12.1 Å². The second kappa shape index (κ2) is 7.43. The molecule has 0 amide bonds. The number of benzene rings is 2. The number of nitrogens with zero attached hydrogens (tertiary/aromatic N) is 1. The van der Waals surface area contributed by atoms with Crippen LogP contribution in [0.15, 0.2) is 53.4 Å². The Morgan fingerprint density at radius 2 is 1.52 bits per heavy atom. The molecule has 0 bridgehead atoms.